The van der Waals surface area contributed by atoms with Crippen molar-refractivity contribution in [2.24, 2.45) is 0 Å². The number of hydrogen-bond donors (Lipinski definition) is 1. The van der Waals surface area contributed by atoms with Gasteiger partial charge in [0.15, 0.2) is 5.91 Å². The van der Waals surface area contributed by atoms with Gasteiger partial charge in [0.1, 0.15) is 0 Å². The van der Waals surface area contributed by atoms with Gasteiger partial charge in [-0.15, -0.1) is 6.32 Å². The van der Waals surface area contributed by atoms with Crippen LogP contribution in [0.2, 0.25) is 6.32 Å². The van der Waals surface area contributed by atoms with Gasteiger partial charge in [-0.2, -0.15) is 0 Å². The minimum absolute atomic E-state index is 0. The summed E-state index contributed by atoms with van der Waals surface area (Å²) in [4.78, 5) is 19.4. The van der Waals surface area contributed by atoms with E-state index in [-0.39, 0.29) is 143 Å². The van der Waals surface area contributed by atoms with Crippen molar-refractivity contribution in [2.45, 2.75) is 38.9 Å². The molecule has 0 bridgehead atoms. The molecule has 93 valence electrons. The van der Waals surface area contributed by atoms with Crippen LogP contribution in [0.5, 0.6) is 0 Å². The molecule has 0 saturated carbocycles. The van der Waals surface area contributed by atoms with Gasteiger partial charge < -0.3 is 16.9 Å². The normalized spacial score (nSPS) is 6.39. The zero-order valence-electron chi connectivity index (χ0n) is 11.4. The van der Waals surface area contributed by atoms with Gasteiger partial charge in [0, 0.05) is 138 Å². The van der Waals surface area contributed by atoms with Crippen LogP contribution in [-0.4, -0.2) is 26.5 Å². The fourth-order valence-corrected chi connectivity index (χ4v) is 0.693. The Kier molecular flexibility index (Phi) is 77.7. The second-order valence-corrected chi connectivity index (χ2v) is 2.78. The molecule has 3 nitrogen and oxygen atoms in total. The summed E-state index contributed by atoms with van der Waals surface area (Å²) in [6, 6.07) is 0. The molecule has 0 rings (SSSR count). The minimum Gasteiger partial charge on any atom is -0.541 e. The summed E-state index contributed by atoms with van der Waals surface area (Å²) in [7, 11) is 3.45. The van der Waals surface area contributed by atoms with E-state index in [9.17, 15) is 9.59 Å². The van der Waals surface area contributed by atoms with E-state index in [0.717, 1.165) is 0 Å². The van der Waals surface area contributed by atoms with Gasteiger partial charge in [0.2, 0.25) is 0 Å². The SMILES string of the molecule is CNC(=O)C[C-]=O.[CH2-][B]CCCCC.[Y].[Y].[Y].[Y]. The van der Waals surface area contributed by atoms with E-state index in [1.54, 1.807) is 0 Å². The van der Waals surface area contributed by atoms with Crippen LogP contribution < -0.4 is 5.32 Å². The Morgan fingerprint density at radius 1 is 1.22 bits per heavy atom. The molecule has 0 fully saturated rings. The predicted molar refractivity (Wildman–Crippen MR) is 59.8 cm³/mol. The van der Waals surface area contributed by atoms with Gasteiger partial charge in [-0.1, -0.05) is 39.9 Å². The van der Waals surface area contributed by atoms with Crippen molar-refractivity contribution in [3.8, 4) is 0 Å². The molecule has 0 spiro atoms. The summed E-state index contributed by atoms with van der Waals surface area (Å²) >= 11 is 0. The van der Waals surface area contributed by atoms with Crippen LogP contribution in [-0.2, 0) is 140 Å². The van der Waals surface area contributed by atoms with Crippen molar-refractivity contribution < 1.29 is 140 Å². The molecule has 8 heteroatoms. The van der Waals surface area contributed by atoms with Crippen molar-refractivity contribution in [2.75, 3.05) is 7.05 Å². The van der Waals surface area contributed by atoms with E-state index in [2.05, 4.69) is 19.1 Å². The smallest absolute Gasteiger partial charge is 0.193 e. The van der Waals surface area contributed by atoms with Crippen molar-refractivity contribution >= 4 is 19.5 Å². The maximum atomic E-state index is 10.0. The molecule has 0 aromatic heterocycles. The zero-order valence-corrected chi connectivity index (χ0v) is 22.8. The molecule has 0 aromatic carbocycles. The van der Waals surface area contributed by atoms with Crippen molar-refractivity contribution in [1.82, 2.24) is 5.32 Å². The van der Waals surface area contributed by atoms with Gasteiger partial charge in [-0.3, -0.25) is 11.1 Å². The molecule has 0 saturated heterocycles. The van der Waals surface area contributed by atoms with Gasteiger partial charge in [-0.05, 0) is 0 Å². The number of unbranched alkanes of at least 4 members (excludes halogenated alkanes) is 2. The molecule has 0 unspecified atom stereocenters. The third kappa shape index (κ3) is 42.7. The van der Waals surface area contributed by atoms with Crippen LogP contribution in [0.1, 0.15) is 32.6 Å². The molecule has 0 aliphatic carbocycles. The molecular weight excluding hydrogens is 533 g/mol. The molecule has 5 radical (unpaired) electrons. The van der Waals surface area contributed by atoms with Gasteiger partial charge >= 0.3 is 0 Å². The molecule has 0 aliphatic heterocycles. The largest absolute Gasteiger partial charge is 0.541 e. The topological polar surface area (TPSA) is 46.2 Å². The molecule has 0 heterocycles. The first-order valence-corrected chi connectivity index (χ1v) is 4.89. The van der Waals surface area contributed by atoms with E-state index in [0.29, 0.717) is 0 Å². The first-order valence-electron chi connectivity index (χ1n) is 4.89. The van der Waals surface area contributed by atoms with Gasteiger partial charge in [0.25, 0.3) is 0 Å². The quantitative estimate of drug-likeness (QED) is 0.234. The Morgan fingerprint density at radius 3 is 1.94 bits per heavy atom. The summed E-state index contributed by atoms with van der Waals surface area (Å²) in [5.74, 6) is -0.296. The Labute approximate surface area is 213 Å². The number of carbonyl (C=O) groups excluding carboxylic acids is 2. The standard InChI is InChI=1S/C6H13B.C4H6NO2.4Y/c1-3-4-5-6-7-2;1-5-4(7)2-3-6;;;;/h2-6H2,1H3;2H2,1H3,(H,5,7);;;;/q2*-1;;;;. The number of rotatable bonds is 6. The van der Waals surface area contributed by atoms with Crippen molar-refractivity contribution in [3.63, 3.8) is 0 Å². The molecule has 0 aliphatic rings. The molecule has 0 aromatic rings. The monoisotopic (exact) mass is 552 g/mol. The van der Waals surface area contributed by atoms with Crippen LogP contribution >= 0.6 is 0 Å². The minimum atomic E-state index is -0.296. The third-order valence-corrected chi connectivity index (χ3v) is 1.52. The van der Waals surface area contributed by atoms with E-state index >= 15 is 0 Å². The molecule has 18 heavy (non-hydrogen) atoms. The predicted octanol–water partition coefficient (Wildman–Crippen LogP) is 1.31. The Bertz CT molecular complexity index is 150. The average Bonchev–Trinajstić information content (AvgIpc) is 2.20. The maximum absolute atomic E-state index is 10.0. The summed E-state index contributed by atoms with van der Waals surface area (Å²) in [5.41, 5.74) is 0. The molecule has 1 amide bonds. The molecule has 0 atom stereocenters. The fourth-order valence-electron chi connectivity index (χ4n) is 0.693. The van der Waals surface area contributed by atoms with E-state index in [1.807, 2.05) is 7.28 Å². The van der Waals surface area contributed by atoms with Crippen LogP contribution in [0.4, 0.5) is 0 Å². The summed E-state index contributed by atoms with van der Waals surface area (Å²) in [6.07, 6.45) is 6.47. The summed E-state index contributed by atoms with van der Waals surface area (Å²) < 4.78 is 0. The van der Waals surface area contributed by atoms with Crippen molar-refractivity contribution in [3.05, 3.63) is 6.82 Å². The van der Waals surface area contributed by atoms with Crippen molar-refractivity contribution in [1.29, 1.82) is 0 Å². The second kappa shape index (κ2) is 37.1. The number of carbonyl (C=O) groups is 1. The number of nitrogens with one attached hydrogen (secondary N) is 1. The second-order valence-electron chi connectivity index (χ2n) is 2.78. The first kappa shape index (κ1) is 37.7. The zero-order chi connectivity index (χ0) is 11.2. The van der Waals surface area contributed by atoms with Gasteiger partial charge in [0.05, 0.1) is 0 Å². The summed E-state index contributed by atoms with van der Waals surface area (Å²) in [6.45, 7) is 5.84. The van der Waals surface area contributed by atoms with Crippen LogP contribution in [0.15, 0.2) is 0 Å². The Hall–Kier alpha value is 3.62. The number of amides is 1. The fraction of sp³-hybridized carbons (Fsp3) is 0.700. The first-order chi connectivity index (χ1) is 6.72. The van der Waals surface area contributed by atoms with E-state index in [4.69, 9.17) is 0 Å². The maximum Gasteiger partial charge on any atom is 0.193 e. The third-order valence-electron chi connectivity index (χ3n) is 1.52. The Balaban J connectivity index is -0.0000000327. The summed E-state index contributed by atoms with van der Waals surface area (Å²) in [5, 5.41) is 2.26. The van der Waals surface area contributed by atoms with Crippen LogP contribution in [0.3, 0.4) is 0 Å². The van der Waals surface area contributed by atoms with E-state index in [1.165, 1.54) is 38.9 Å². The van der Waals surface area contributed by atoms with Crippen LogP contribution in [0.25, 0.3) is 0 Å². The van der Waals surface area contributed by atoms with E-state index < -0.39 is 0 Å². The number of hydrogen-bond acceptors (Lipinski definition) is 2. The van der Waals surface area contributed by atoms with Gasteiger partial charge in [-0.25, -0.2) is 0 Å². The molecular formula is C10H19BNO2Y4-2. The average molecular weight is 552 g/mol. The Morgan fingerprint density at radius 2 is 1.72 bits per heavy atom. The van der Waals surface area contributed by atoms with Crippen LogP contribution in [0, 0.1) is 6.82 Å². The molecule has 1 N–H and O–H groups in total.